The molecule has 0 aliphatic carbocycles. The molecule has 97 valence electrons. The minimum absolute atomic E-state index is 0. The van der Waals surface area contributed by atoms with Crippen LogP contribution in [0.25, 0.3) is 5.73 Å². The van der Waals surface area contributed by atoms with Crippen LogP contribution < -0.4 is 5.73 Å². The van der Waals surface area contributed by atoms with Gasteiger partial charge in [0.15, 0.2) is 0 Å². The molecule has 1 aromatic carbocycles. The molecule has 5 nitrogen and oxygen atoms in total. The van der Waals surface area contributed by atoms with E-state index in [1.807, 2.05) is 13.8 Å². The molecular formula is C10H19N2O3SY-. The Balaban J connectivity index is -0.000000355. The molecule has 0 unspecified atom stereocenters. The van der Waals surface area contributed by atoms with Crippen molar-refractivity contribution < 1.29 is 45.3 Å². The Morgan fingerprint density at radius 1 is 1.18 bits per heavy atom. The van der Waals surface area contributed by atoms with Crippen LogP contribution in [0.5, 0.6) is 0 Å². The van der Waals surface area contributed by atoms with Gasteiger partial charge < -0.3 is 11.5 Å². The number of nitrogens with two attached hydrogens (primary N) is 1. The smallest absolute Gasteiger partial charge is 0.298 e. The summed E-state index contributed by atoms with van der Waals surface area (Å²) < 4.78 is 26.5. The van der Waals surface area contributed by atoms with E-state index in [0.29, 0.717) is 0 Å². The van der Waals surface area contributed by atoms with Crippen LogP contribution in [0.15, 0.2) is 29.2 Å². The summed E-state index contributed by atoms with van der Waals surface area (Å²) in [6.45, 7) is 4.00. The van der Waals surface area contributed by atoms with E-state index in [0.717, 1.165) is 7.11 Å². The van der Waals surface area contributed by atoms with Crippen molar-refractivity contribution in [2.45, 2.75) is 18.7 Å². The zero-order valence-electron chi connectivity index (χ0n) is 10.6. The minimum atomic E-state index is -3.65. The molecule has 0 aromatic heterocycles. The van der Waals surface area contributed by atoms with Crippen LogP contribution in [0.2, 0.25) is 0 Å². The van der Waals surface area contributed by atoms with E-state index in [4.69, 9.17) is 11.5 Å². The van der Waals surface area contributed by atoms with Crippen LogP contribution in [0.3, 0.4) is 0 Å². The van der Waals surface area contributed by atoms with Gasteiger partial charge in [-0.25, -0.2) is 0 Å². The van der Waals surface area contributed by atoms with Crippen LogP contribution in [-0.2, 0) is 47.0 Å². The number of nitrogen functional groups attached to an aromatic ring is 1. The molecule has 1 aromatic rings. The van der Waals surface area contributed by atoms with E-state index in [1.54, 1.807) is 12.1 Å². The van der Waals surface area contributed by atoms with Crippen molar-refractivity contribution in [2.24, 2.45) is 0 Å². The van der Waals surface area contributed by atoms with Crippen molar-refractivity contribution in [2.75, 3.05) is 19.9 Å². The largest absolute Gasteiger partial charge is 0.680 e. The molecule has 0 amide bonds. The molecule has 7 heteroatoms. The average molecular weight is 336 g/mol. The maximum absolute atomic E-state index is 11.1. The number of rotatable bonds is 2. The van der Waals surface area contributed by atoms with Crippen molar-refractivity contribution in [3.63, 3.8) is 0 Å². The summed E-state index contributed by atoms with van der Waals surface area (Å²) in [5.41, 5.74) is 11.4. The first-order chi connectivity index (χ1) is 7.58. The third kappa shape index (κ3) is 7.83. The summed E-state index contributed by atoms with van der Waals surface area (Å²) in [4.78, 5) is 0.00694. The number of hydrogen-bond acceptors (Lipinski definition) is 4. The van der Waals surface area contributed by atoms with Gasteiger partial charge in [-0.3, -0.25) is 4.18 Å². The van der Waals surface area contributed by atoms with Gasteiger partial charge in [-0.1, -0.05) is 26.0 Å². The SMILES string of the molecule is CC.COS(=O)(=O)c1ccccc1N.C[NH-].[Y]. The molecule has 3 N–H and O–H groups in total. The number of para-hydroxylation sites is 1. The fraction of sp³-hybridized carbons (Fsp3) is 0.400. The first kappa shape index (κ1) is 22.2. The summed E-state index contributed by atoms with van der Waals surface area (Å²) in [6, 6.07) is 6.15. The number of nitrogens with one attached hydrogen (secondary N) is 1. The summed E-state index contributed by atoms with van der Waals surface area (Å²) in [5, 5.41) is 0. The van der Waals surface area contributed by atoms with Gasteiger partial charge in [-0.05, 0) is 12.1 Å². The Labute approximate surface area is 129 Å². The predicted molar refractivity (Wildman–Crippen MR) is 66.6 cm³/mol. The van der Waals surface area contributed by atoms with Gasteiger partial charge in [0.2, 0.25) is 0 Å². The Bertz CT molecular complexity index is 383. The standard InChI is InChI=1S/C7H9NO3S.C2H6.CH4N.Y/c1-11-12(9,10)7-5-3-2-4-6(7)8;2*1-2;/h2-5H,8H2,1H3;1-2H3;2H,1H3;/q;;-1;. The second kappa shape index (κ2) is 12.5. The normalized spacial score (nSPS) is 8.76. The molecule has 0 bridgehead atoms. The number of anilines is 1. The second-order valence-corrected chi connectivity index (χ2v) is 3.84. The minimum Gasteiger partial charge on any atom is -0.680 e. The Kier molecular flexibility index (Phi) is 16.3. The van der Waals surface area contributed by atoms with E-state index in [9.17, 15) is 8.42 Å². The third-order valence-electron chi connectivity index (χ3n) is 1.41. The summed E-state index contributed by atoms with van der Waals surface area (Å²) in [6.07, 6.45) is 0. The monoisotopic (exact) mass is 336 g/mol. The van der Waals surface area contributed by atoms with Crippen LogP contribution in [-0.4, -0.2) is 22.6 Å². The Hall–Kier alpha value is -0.00610. The number of benzene rings is 1. The fourth-order valence-corrected chi connectivity index (χ4v) is 1.58. The molecule has 1 radical (unpaired) electrons. The van der Waals surface area contributed by atoms with Crippen molar-refractivity contribution in [3.05, 3.63) is 30.0 Å². The predicted octanol–water partition coefficient (Wildman–Crippen LogP) is 2.30. The Morgan fingerprint density at radius 2 is 1.59 bits per heavy atom. The first-order valence-electron chi connectivity index (χ1n) is 4.73. The van der Waals surface area contributed by atoms with Gasteiger partial charge in [0.1, 0.15) is 4.90 Å². The fourth-order valence-electron chi connectivity index (χ4n) is 0.798. The van der Waals surface area contributed by atoms with Gasteiger partial charge in [0, 0.05) is 32.7 Å². The molecule has 0 atom stereocenters. The maximum Gasteiger partial charge on any atom is 0.298 e. The number of hydrogen-bond donors (Lipinski definition) is 1. The van der Waals surface area contributed by atoms with Gasteiger partial charge in [-0.2, -0.15) is 15.5 Å². The van der Waals surface area contributed by atoms with E-state index in [2.05, 4.69) is 4.18 Å². The molecular weight excluding hydrogens is 317 g/mol. The van der Waals surface area contributed by atoms with Crippen molar-refractivity contribution in [1.29, 1.82) is 0 Å². The molecule has 1 rings (SSSR count). The van der Waals surface area contributed by atoms with Crippen LogP contribution in [0.4, 0.5) is 5.69 Å². The molecule has 0 aliphatic rings. The second-order valence-electron chi connectivity index (χ2n) is 2.16. The Morgan fingerprint density at radius 3 is 1.94 bits per heavy atom. The molecule has 0 fully saturated rings. The van der Waals surface area contributed by atoms with E-state index in [-0.39, 0.29) is 43.3 Å². The molecule has 0 saturated carbocycles. The van der Waals surface area contributed by atoms with E-state index < -0.39 is 10.1 Å². The van der Waals surface area contributed by atoms with Crippen molar-refractivity contribution >= 4 is 15.8 Å². The van der Waals surface area contributed by atoms with E-state index >= 15 is 0 Å². The molecule has 17 heavy (non-hydrogen) atoms. The summed E-state index contributed by atoms with van der Waals surface area (Å²) in [7, 11) is -1.30. The van der Waals surface area contributed by atoms with Crippen molar-refractivity contribution in [1.82, 2.24) is 0 Å². The van der Waals surface area contributed by atoms with Crippen molar-refractivity contribution in [3.8, 4) is 0 Å². The maximum atomic E-state index is 11.1. The third-order valence-corrected chi connectivity index (χ3v) is 2.76. The van der Waals surface area contributed by atoms with Gasteiger partial charge in [0.25, 0.3) is 10.1 Å². The average Bonchev–Trinajstić information content (AvgIpc) is 2.34. The molecule has 0 heterocycles. The quantitative estimate of drug-likeness (QED) is 0.662. The summed E-state index contributed by atoms with van der Waals surface area (Å²) >= 11 is 0. The van der Waals surface area contributed by atoms with Crippen LogP contribution in [0, 0.1) is 0 Å². The van der Waals surface area contributed by atoms with Gasteiger partial charge >= 0.3 is 0 Å². The zero-order chi connectivity index (χ0) is 13.2. The summed E-state index contributed by atoms with van der Waals surface area (Å²) in [5.74, 6) is 0. The van der Waals surface area contributed by atoms with Gasteiger partial charge in [0.05, 0.1) is 12.8 Å². The first-order valence-corrected chi connectivity index (χ1v) is 6.14. The zero-order valence-corrected chi connectivity index (χ0v) is 14.3. The molecule has 0 spiro atoms. The van der Waals surface area contributed by atoms with Crippen LogP contribution in [0.1, 0.15) is 13.8 Å². The van der Waals surface area contributed by atoms with Gasteiger partial charge in [-0.15, -0.1) is 0 Å². The van der Waals surface area contributed by atoms with E-state index in [1.165, 1.54) is 19.2 Å². The topological polar surface area (TPSA) is 93.2 Å². The molecule has 0 aliphatic heterocycles. The molecule has 0 saturated heterocycles. The van der Waals surface area contributed by atoms with Crippen LogP contribution >= 0.6 is 0 Å².